The lowest BCUT2D eigenvalue weighted by atomic mass is 10.0. The summed E-state index contributed by atoms with van der Waals surface area (Å²) >= 11 is 0. The van der Waals surface area contributed by atoms with Crippen molar-refractivity contribution in [3.63, 3.8) is 0 Å². The van der Waals surface area contributed by atoms with E-state index in [1.807, 2.05) is 0 Å². The van der Waals surface area contributed by atoms with Crippen molar-refractivity contribution in [2.24, 2.45) is 12.9 Å². The van der Waals surface area contributed by atoms with Crippen LogP contribution in [0, 0.1) is 11.6 Å². The van der Waals surface area contributed by atoms with E-state index in [9.17, 15) is 8.78 Å². The van der Waals surface area contributed by atoms with E-state index in [-0.39, 0.29) is 0 Å². The van der Waals surface area contributed by atoms with Gasteiger partial charge in [0.25, 0.3) is 0 Å². The highest BCUT2D eigenvalue weighted by Crippen LogP contribution is 2.20. The summed E-state index contributed by atoms with van der Waals surface area (Å²) in [6.45, 7) is 0. The molecule has 1 heterocycles. The van der Waals surface area contributed by atoms with Crippen molar-refractivity contribution in [3.8, 4) is 0 Å². The molecule has 0 fully saturated rings. The third-order valence-corrected chi connectivity index (χ3v) is 2.73. The lowest BCUT2D eigenvalue weighted by Gasteiger charge is -2.16. The second kappa shape index (κ2) is 5.19. The van der Waals surface area contributed by atoms with Crippen LogP contribution in [0.3, 0.4) is 0 Å². The van der Waals surface area contributed by atoms with Crippen LogP contribution in [0.25, 0.3) is 0 Å². The Morgan fingerprint density at radius 3 is 2.78 bits per heavy atom. The average molecular weight is 253 g/mol. The highest BCUT2D eigenvalue weighted by Gasteiger charge is 2.17. The van der Waals surface area contributed by atoms with Crippen molar-refractivity contribution in [3.05, 3.63) is 47.5 Å². The largest absolute Gasteiger partial charge is 0.271 e. The summed E-state index contributed by atoms with van der Waals surface area (Å²) in [6, 6.07) is 2.90. The van der Waals surface area contributed by atoms with Crippen LogP contribution < -0.4 is 11.3 Å². The molecular weight excluding hydrogens is 240 g/mol. The summed E-state index contributed by atoms with van der Waals surface area (Å²) in [7, 11) is 1.73. The van der Waals surface area contributed by atoms with E-state index in [0.717, 1.165) is 6.07 Å². The van der Waals surface area contributed by atoms with Gasteiger partial charge in [0.2, 0.25) is 0 Å². The Labute approximate surface area is 103 Å². The monoisotopic (exact) mass is 253 g/mol. The fourth-order valence-electron chi connectivity index (χ4n) is 1.73. The number of aryl methyl sites for hydroxylation is 1. The first-order chi connectivity index (χ1) is 8.61. The van der Waals surface area contributed by atoms with E-state index >= 15 is 0 Å². The smallest absolute Gasteiger partial charge is 0.138 e. The lowest BCUT2D eigenvalue weighted by molar-refractivity contribution is 0.487. The molecule has 0 spiro atoms. The van der Waals surface area contributed by atoms with Crippen LogP contribution in [-0.2, 0) is 13.5 Å². The number of rotatable bonds is 4. The van der Waals surface area contributed by atoms with E-state index in [1.165, 1.54) is 18.5 Å². The first kappa shape index (κ1) is 12.6. The summed E-state index contributed by atoms with van der Waals surface area (Å²) in [5.74, 6) is 4.81. The van der Waals surface area contributed by atoms with Gasteiger partial charge in [-0.2, -0.15) is 5.10 Å². The van der Waals surface area contributed by atoms with Crippen LogP contribution in [0.1, 0.15) is 17.4 Å². The van der Waals surface area contributed by atoms with Crippen molar-refractivity contribution in [1.29, 1.82) is 0 Å². The average Bonchev–Trinajstić information content (AvgIpc) is 2.73. The van der Waals surface area contributed by atoms with Crippen molar-refractivity contribution >= 4 is 0 Å². The molecule has 2 aromatic rings. The van der Waals surface area contributed by atoms with E-state index in [0.29, 0.717) is 17.8 Å². The number of hydrogen-bond donors (Lipinski definition) is 2. The van der Waals surface area contributed by atoms with Crippen molar-refractivity contribution in [2.45, 2.75) is 12.5 Å². The highest BCUT2D eigenvalue weighted by molar-refractivity contribution is 5.23. The molecule has 18 heavy (non-hydrogen) atoms. The summed E-state index contributed by atoms with van der Waals surface area (Å²) in [4.78, 5) is 4.04. The van der Waals surface area contributed by atoms with Gasteiger partial charge < -0.3 is 0 Å². The maximum absolute atomic E-state index is 13.6. The number of nitrogens with one attached hydrogen (secondary N) is 1. The van der Waals surface area contributed by atoms with Gasteiger partial charge in [-0.3, -0.25) is 16.0 Å². The Hall–Kier alpha value is -1.86. The number of nitrogens with two attached hydrogens (primary N) is 1. The van der Waals surface area contributed by atoms with Gasteiger partial charge in [-0.25, -0.2) is 13.8 Å². The molecule has 7 heteroatoms. The van der Waals surface area contributed by atoms with E-state index in [1.54, 1.807) is 11.7 Å². The van der Waals surface area contributed by atoms with Gasteiger partial charge in [0, 0.05) is 25.1 Å². The van der Waals surface area contributed by atoms with Crippen LogP contribution in [0.5, 0.6) is 0 Å². The fourth-order valence-corrected chi connectivity index (χ4v) is 1.73. The van der Waals surface area contributed by atoms with Gasteiger partial charge in [0.1, 0.15) is 23.8 Å². The van der Waals surface area contributed by atoms with Gasteiger partial charge in [-0.1, -0.05) is 6.07 Å². The van der Waals surface area contributed by atoms with Crippen molar-refractivity contribution in [2.75, 3.05) is 0 Å². The van der Waals surface area contributed by atoms with Crippen molar-refractivity contribution < 1.29 is 8.78 Å². The number of hydrazine groups is 1. The minimum absolute atomic E-state index is 0.293. The topological polar surface area (TPSA) is 68.8 Å². The fraction of sp³-hybridized carbons (Fsp3) is 0.273. The van der Waals surface area contributed by atoms with Crippen LogP contribution in [0.15, 0.2) is 24.5 Å². The molecule has 0 bridgehead atoms. The molecule has 1 aromatic carbocycles. The number of hydrogen-bond acceptors (Lipinski definition) is 4. The summed E-state index contributed by atoms with van der Waals surface area (Å²) < 4.78 is 28.1. The molecule has 0 saturated carbocycles. The quantitative estimate of drug-likeness (QED) is 0.626. The van der Waals surface area contributed by atoms with Crippen LogP contribution >= 0.6 is 0 Å². The highest BCUT2D eigenvalue weighted by atomic mass is 19.1. The Morgan fingerprint density at radius 2 is 2.22 bits per heavy atom. The predicted molar refractivity (Wildman–Crippen MR) is 61.1 cm³/mol. The second-order valence-electron chi connectivity index (χ2n) is 3.89. The molecule has 2 rings (SSSR count). The Balaban J connectivity index is 2.26. The third-order valence-electron chi connectivity index (χ3n) is 2.73. The second-order valence-corrected chi connectivity index (χ2v) is 3.89. The zero-order valence-electron chi connectivity index (χ0n) is 9.77. The normalized spacial score (nSPS) is 12.7. The molecule has 3 N–H and O–H groups in total. The summed E-state index contributed by atoms with van der Waals surface area (Å²) in [5, 5.41) is 3.92. The standard InChI is InChI=1S/C11H13F2N5/c1-18-11(15-6-16-18)5-10(17-14)8-3-2-7(12)4-9(8)13/h2-4,6,10,17H,5,14H2,1H3. The van der Waals surface area contributed by atoms with Crippen LogP contribution in [-0.4, -0.2) is 14.8 Å². The third kappa shape index (κ3) is 2.52. The number of benzene rings is 1. The molecule has 1 atom stereocenters. The van der Waals surface area contributed by atoms with E-state index < -0.39 is 17.7 Å². The molecule has 0 radical (unpaired) electrons. The molecule has 1 unspecified atom stereocenters. The molecule has 0 amide bonds. The molecule has 0 aliphatic carbocycles. The molecule has 1 aromatic heterocycles. The summed E-state index contributed by atoms with van der Waals surface area (Å²) in [5.41, 5.74) is 2.79. The molecule has 5 nitrogen and oxygen atoms in total. The maximum Gasteiger partial charge on any atom is 0.138 e. The summed E-state index contributed by atoms with van der Waals surface area (Å²) in [6.07, 6.45) is 1.76. The molecule has 96 valence electrons. The minimum Gasteiger partial charge on any atom is -0.271 e. The zero-order valence-corrected chi connectivity index (χ0v) is 9.77. The van der Waals surface area contributed by atoms with Gasteiger partial charge in [0.15, 0.2) is 0 Å². The maximum atomic E-state index is 13.6. The van der Waals surface area contributed by atoms with Crippen LogP contribution in [0.4, 0.5) is 8.78 Å². The van der Waals surface area contributed by atoms with Gasteiger partial charge in [0.05, 0.1) is 6.04 Å². The van der Waals surface area contributed by atoms with E-state index in [4.69, 9.17) is 5.84 Å². The molecule has 0 saturated heterocycles. The lowest BCUT2D eigenvalue weighted by Crippen LogP contribution is -2.31. The van der Waals surface area contributed by atoms with Gasteiger partial charge in [-0.15, -0.1) is 0 Å². The zero-order chi connectivity index (χ0) is 13.1. The SMILES string of the molecule is Cn1ncnc1CC(NN)c1ccc(F)cc1F. The Morgan fingerprint density at radius 1 is 1.44 bits per heavy atom. The number of nitrogens with zero attached hydrogens (tertiary/aromatic N) is 3. The van der Waals surface area contributed by atoms with Gasteiger partial charge in [-0.05, 0) is 6.07 Å². The van der Waals surface area contributed by atoms with Gasteiger partial charge >= 0.3 is 0 Å². The van der Waals surface area contributed by atoms with E-state index in [2.05, 4.69) is 15.5 Å². The first-order valence-corrected chi connectivity index (χ1v) is 5.35. The minimum atomic E-state index is -0.639. The first-order valence-electron chi connectivity index (χ1n) is 5.35. The molecule has 0 aliphatic rings. The number of aromatic nitrogens is 3. The van der Waals surface area contributed by atoms with Crippen LogP contribution in [0.2, 0.25) is 0 Å². The molecule has 0 aliphatic heterocycles. The predicted octanol–water partition coefficient (Wildman–Crippen LogP) is 0.840. The van der Waals surface area contributed by atoms with Crippen molar-refractivity contribution in [1.82, 2.24) is 20.2 Å². The Kier molecular flexibility index (Phi) is 3.63. The number of halogens is 2. The molecular formula is C11H13F2N5. The Bertz CT molecular complexity index is 540.